The van der Waals surface area contributed by atoms with Crippen molar-refractivity contribution in [2.75, 3.05) is 6.54 Å². The summed E-state index contributed by atoms with van der Waals surface area (Å²) in [6.07, 6.45) is 8.35. The molecule has 19 heavy (non-hydrogen) atoms. The second-order valence-electron chi connectivity index (χ2n) is 6.41. The summed E-state index contributed by atoms with van der Waals surface area (Å²) in [6, 6.07) is 3.92. The number of fused-ring (bicyclic) bond motifs is 2. The van der Waals surface area contributed by atoms with Gasteiger partial charge in [-0.3, -0.25) is 4.79 Å². The van der Waals surface area contributed by atoms with Crippen molar-refractivity contribution in [3.63, 3.8) is 0 Å². The lowest BCUT2D eigenvalue weighted by Crippen LogP contribution is -2.41. The van der Waals surface area contributed by atoms with Crippen molar-refractivity contribution in [2.24, 2.45) is 5.92 Å². The zero-order valence-electron chi connectivity index (χ0n) is 11.5. The fourth-order valence-electron chi connectivity index (χ4n) is 3.77. The first kappa shape index (κ1) is 12.9. The number of hydrogen-bond acceptors (Lipinski definition) is 3. The highest BCUT2D eigenvalue weighted by atomic mass is 16.2. The molecule has 3 rings (SSSR count). The minimum atomic E-state index is 0.295. The lowest BCUT2D eigenvalue weighted by Gasteiger charge is -2.30. The Bertz CT molecular complexity index is 373. The third-order valence-corrected chi connectivity index (χ3v) is 4.81. The number of nitriles is 1. The van der Waals surface area contributed by atoms with E-state index < -0.39 is 0 Å². The smallest absolute Gasteiger partial charge is 0.223 e. The van der Waals surface area contributed by atoms with E-state index in [0.29, 0.717) is 49.3 Å². The Morgan fingerprint density at radius 3 is 2.47 bits per heavy atom. The minimum absolute atomic E-state index is 0.295. The highest BCUT2D eigenvalue weighted by Crippen LogP contribution is 2.34. The fourth-order valence-corrected chi connectivity index (χ4v) is 3.77. The predicted molar refractivity (Wildman–Crippen MR) is 72.3 cm³/mol. The Kier molecular flexibility index (Phi) is 3.74. The van der Waals surface area contributed by atoms with Crippen LogP contribution in [0.5, 0.6) is 0 Å². The van der Waals surface area contributed by atoms with E-state index in [1.807, 2.05) is 4.90 Å². The Balaban J connectivity index is 1.53. The van der Waals surface area contributed by atoms with Gasteiger partial charge in [-0.2, -0.15) is 5.26 Å². The summed E-state index contributed by atoms with van der Waals surface area (Å²) in [5.74, 6) is 0.860. The number of hydrogen-bond donors (Lipinski definition) is 1. The van der Waals surface area contributed by atoms with E-state index in [2.05, 4.69) is 11.4 Å². The van der Waals surface area contributed by atoms with Crippen molar-refractivity contribution in [3.05, 3.63) is 0 Å². The molecule has 0 spiro atoms. The van der Waals surface area contributed by atoms with Crippen LogP contribution >= 0.6 is 0 Å². The third kappa shape index (κ3) is 3.09. The fraction of sp³-hybridized carbons (Fsp3) is 0.867. The maximum Gasteiger partial charge on any atom is 0.223 e. The number of amides is 1. The third-order valence-electron chi connectivity index (χ3n) is 4.81. The van der Waals surface area contributed by atoms with Gasteiger partial charge in [0, 0.05) is 31.1 Å². The van der Waals surface area contributed by atoms with Gasteiger partial charge in [-0.15, -0.1) is 0 Å². The standard InChI is InChI=1S/C15H23N3O/c16-6-1-7-18(14-4-5-14)15(19)10-11-8-12-2-3-13(9-11)17-12/h11-14,17H,1-5,7-10H2. The molecule has 4 heteroatoms. The summed E-state index contributed by atoms with van der Waals surface area (Å²) in [4.78, 5) is 14.4. The van der Waals surface area contributed by atoms with Gasteiger partial charge in [0.15, 0.2) is 0 Å². The largest absolute Gasteiger partial charge is 0.339 e. The molecule has 3 fully saturated rings. The molecule has 2 unspecified atom stereocenters. The molecular weight excluding hydrogens is 238 g/mol. The maximum absolute atomic E-state index is 12.4. The highest BCUT2D eigenvalue weighted by molar-refractivity contribution is 5.77. The summed E-state index contributed by atoms with van der Waals surface area (Å²) in [5.41, 5.74) is 0. The molecule has 4 nitrogen and oxygen atoms in total. The van der Waals surface area contributed by atoms with Crippen LogP contribution in [-0.2, 0) is 4.79 Å². The molecule has 0 radical (unpaired) electrons. The van der Waals surface area contributed by atoms with Crippen LogP contribution in [0.4, 0.5) is 0 Å². The monoisotopic (exact) mass is 261 g/mol. The zero-order chi connectivity index (χ0) is 13.2. The molecule has 2 heterocycles. The molecule has 2 atom stereocenters. The number of nitrogens with zero attached hydrogens (tertiary/aromatic N) is 2. The second-order valence-corrected chi connectivity index (χ2v) is 6.41. The summed E-state index contributed by atoms with van der Waals surface area (Å²) in [5, 5.41) is 12.3. The van der Waals surface area contributed by atoms with Crippen molar-refractivity contribution in [1.29, 1.82) is 5.26 Å². The van der Waals surface area contributed by atoms with Gasteiger partial charge in [0.1, 0.15) is 0 Å². The van der Waals surface area contributed by atoms with Crippen molar-refractivity contribution >= 4 is 5.91 Å². The van der Waals surface area contributed by atoms with Crippen LogP contribution in [0.2, 0.25) is 0 Å². The van der Waals surface area contributed by atoms with E-state index in [0.717, 1.165) is 12.8 Å². The molecule has 2 saturated heterocycles. The predicted octanol–water partition coefficient (Wildman–Crippen LogP) is 1.81. The average molecular weight is 261 g/mol. The lowest BCUT2D eigenvalue weighted by atomic mass is 9.89. The molecule has 3 aliphatic rings. The maximum atomic E-state index is 12.4. The molecule has 1 N–H and O–H groups in total. The van der Waals surface area contributed by atoms with Crippen LogP contribution in [-0.4, -0.2) is 35.5 Å². The Morgan fingerprint density at radius 1 is 1.21 bits per heavy atom. The number of piperidine rings is 1. The van der Waals surface area contributed by atoms with Crippen molar-refractivity contribution in [1.82, 2.24) is 10.2 Å². The lowest BCUT2D eigenvalue weighted by molar-refractivity contribution is -0.133. The summed E-state index contributed by atoms with van der Waals surface area (Å²) in [6.45, 7) is 0.637. The van der Waals surface area contributed by atoms with Crippen molar-refractivity contribution < 1.29 is 4.79 Å². The van der Waals surface area contributed by atoms with E-state index in [4.69, 9.17) is 5.26 Å². The van der Waals surface area contributed by atoms with E-state index in [-0.39, 0.29) is 0 Å². The molecule has 1 saturated carbocycles. The number of nitrogens with one attached hydrogen (secondary N) is 1. The summed E-state index contributed by atoms with van der Waals surface area (Å²) >= 11 is 0. The van der Waals surface area contributed by atoms with Crippen LogP contribution in [0.3, 0.4) is 0 Å². The van der Waals surface area contributed by atoms with Gasteiger partial charge in [-0.25, -0.2) is 0 Å². The minimum Gasteiger partial charge on any atom is -0.339 e. The van der Waals surface area contributed by atoms with Gasteiger partial charge in [0.2, 0.25) is 5.91 Å². The van der Waals surface area contributed by atoms with E-state index >= 15 is 0 Å². The molecule has 0 aromatic heterocycles. The van der Waals surface area contributed by atoms with Gasteiger partial charge in [0.25, 0.3) is 0 Å². The van der Waals surface area contributed by atoms with Crippen LogP contribution < -0.4 is 5.32 Å². The van der Waals surface area contributed by atoms with E-state index in [1.54, 1.807) is 0 Å². The first-order chi connectivity index (χ1) is 9.26. The quantitative estimate of drug-likeness (QED) is 0.821. The Labute approximate surface area is 115 Å². The molecule has 1 aliphatic carbocycles. The van der Waals surface area contributed by atoms with Crippen LogP contribution in [0, 0.1) is 17.2 Å². The SMILES string of the molecule is N#CCCN(C(=O)CC1CC2CCC(C1)N2)C1CC1. The Morgan fingerprint density at radius 2 is 1.89 bits per heavy atom. The molecular formula is C15H23N3O. The number of rotatable bonds is 5. The van der Waals surface area contributed by atoms with Crippen molar-refractivity contribution in [2.45, 2.75) is 69.5 Å². The topological polar surface area (TPSA) is 56.1 Å². The second kappa shape index (κ2) is 5.50. The van der Waals surface area contributed by atoms with E-state index in [9.17, 15) is 4.79 Å². The molecule has 2 bridgehead atoms. The first-order valence-electron chi connectivity index (χ1n) is 7.68. The van der Waals surface area contributed by atoms with Gasteiger partial charge in [0.05, 0.1) is 12.5 Å². The number of carbonyl (C=O) groups excluding carboxylic acids is 1. The molecule has 0 aromatic rings. The van der Waals surface area contributed by atoms with Gasteiger partial charge in [-0.05, 0) is 44.4 Å². The molecule has 104 valence electrons. The first-order valence-corrected chi connectivity index (χ1v) is 7.68. The zero-order valence-corrected chi connectivity index (χ0v) is 11.5. The van der Waals surface area contributed by atoms with Gasteiger partial charge in [-0.1, -0.05) is 0 Å². The molecule has 0 aromatic carbocycles. The van der Waals surface area contributed by atoms with Gasteiger partial charge >= 0.3 is 0 Å². The van der Waals surface area contributed by atoms with Crippen LogP contribution in [0.15, 0.2) is 0 Å². The number of carbonyl (C=O) groups is 1. The molecule has 2 aliphatic heterocycles. The Hall–Kier alpha value is -1.08. The van der Waals surface area contributed by atoms with Gasteiger partial charge < -0.3 is 10.2 Å². The van der Waals surface area contributed by atoms with Crippen LogP contribution in [0.1, 0.15) is 51.4 Å². The summed E-state index contributed by atoms with van der Waals surface area (Å²) in [7, 11) is 0. The normalized spacial score (nSPS) is 32.9. The van der Waals surface area contributed by atoms with Crippen molar-refractivity contribution in [3.8, 4) is 6.07 Å². The summed E-state index contributed by atoms with van der Waals surface area (Å²) < 4.78 is 0. The van der Waals surface area contributed by atoms with E-state index in [1.165, 1.54) is 25.7 Å². The highest BCUT2D eigenvalue weighted by Gasteiger charge is 2.37. The average Bonchev–Trinajstić information content (AvgIpc) is 3.16. The van der Waals surface area contributed by atoms with Crippen LogP contribution in [0.25, 0.3) is 0 Å². The molecule has 1 amide bonds.